The highest BCUT2D eigenvalue weighted by atomic mass is 32.2. The van der Waals surface area contributed by atoms with Crippen LogP contribution in [-0.4, -0.2) is 27.3 Å². The molecule has 0 unspecified atom stereocenters. The smallest absolute Gasteiger partial charge is 0.369 e. The van der Waals surface area contributed by atoms with Crippen molar-refractivity contribution >= 4 is 23.3 Å². The Balaban J connectivity index is 1.68. The summed E-state index contributed by atoms with van der Waals surface area (Å²) < 4.78 is 55.6. The normalized spacial score (nSPS) is 19.4. The van der Waals surface area contributed by atoms with Crippen molar-refractivity contribution in [3.63, 3.8) is 0 Å². The summed E-state index contributed by atoms with van der Waals surface area (Å²) in [7, 11) is 0. The summed E-state index contributed by atoms with van der Waals surface area (Å²) in [6, 6.07) is 10.0. The molecule has 0 fully saturated rings. The molecule has 1 aliphatic rings. The van der Waals surface area contributed by atoms with Gasteiger partial charge in [-0.05, 0) is 36.1 Å². The molecule has 10 heteroatoms. The quantitative estimate of drug-likeness (QED) is 0.271. The summed E-state index contributed by atoms with van der Waals surface area (Å²) in [5, 5.41) is 20.7. The molecule has 1 aliphatic heterocycles. The topological polar surface area (TPSA) is 62.1 Å². The molecule has 4 rings (SSSR count). The number of benzene rings is 2. The zero-order valence-electron chi connectivity index (χ0n) is 16.4. The Labute approximate surface area is 180 Å². The van der Waals surface area contributed by atoms with Crippen LogP contribution >= 0.6 is 11.8 Å². The van der Waals surface area contributed by atoms with Crippen LogP contribution in [0.25, 0.3) is 0 Å². The maximum Gasteiger partial charge on any atom is 0.410 e. The molecule has 3 atom stereocenters. The first-order valence-corrected chi connectivity index (χ1v) is 10.7. The SMILES string of the molecule is CSc1ccccc1N[C@@H](O)c1cnn2c1N[C@@H](c1ccc(F)cc1)C[C@@H]2C(F)(F)F. The second kappa shape index (κ2) is 8.43. The molecule has 0 radical (unpaired) electrons. The Morgan fingerprint density at radius 2 is 1.90 bits per heavy atom. The third kappa shape index (κ3) is 4.35. The van der Waals surface area contributed by atoms with Crippen LogP contribution in [0.3, 0.4) is 0 Å². The monoisotopic (exact) mass is 452 g/mol. The van der Waals surface area contributed by atoms with Crippen molar-refractivity contribution < 1.29 is 22.7 Å². The van der Waals surface area contributed by atoms with Gasteiger partial charge < -0.3 is 15.7 Å². The van der Waals surface area contributed by atoms with Crippen LogP contribution < -0.4 is 10.6 Å². The van der Waals surface area contributed by atoms with E-state index >= 15 is 0 Å². The predicted molar refractivity (Wildman–Crippen MR) is 112 cm³/mol. The molecule has 5 nitrogen and oxygen atoms in total. The number of rotatable bonds is 5. The first-order valence-electron chi connectivity index (χ1n) is 9.51. The second-order valence-electron chi connectivity index (χ2n) is 7.18. The van der Waals surface area contributed by atoms with Crippen molar-refractivity contribution in [3.8, 4) is 0 Å². The van der Waals surface area contributed by atoms with Crippen molar-refractivity contribution in [2.24, 2.45) is 0 Å². The number of aliphatic hydroxyl groups is 1. The van der Waals surface area contributed by atoms with Crippen molar-refractivity contribution in [2.75, 3.05) is 16.9 Å². The highest BCUT2D eigenvalue weighted by Crippen LogP contribution is 2.45. The molecule has 0 aliphatic carbocycles. The summed E-state index contributed by atoms with van der Waals surface area (Å²) in [5.41, 5.74) is 1.36. The van der Waals surface area contributed by atoms with Crippen molar-refractivity contribution in [1.82, 2.24) is 9.78 Å². The van der Waals surface area contributed by atoms with Gasteiger partial charge in [0.05, 0.1) is 23.5 Å². The number of hydrogen-bond acceptors (Lipinski definition) is 5. The van der Waals surface area contributed by atoms with E-state index in [2.05, 4.69) is 15.7 Å². The lowest BCUT2D eigenvalue weighted by molar-refractivity contribution is -0.173. The number of halogens is 4. The van der Waals surface area contributed by atoms with Gasteiger partial charge in [0.2, 0.25) is 0 Å². The Hall–Kier alpha value is -2.72. The van der Waals surface area contributed by atoms with E-state index in [4.69, 9.17) is 0 Å². The lowest BCUT2D eigenvalue weighted by atomic mass is 9.96. The molecule has 0 saturated heterocycles. The first kappa shape index (κ1) is 21.5. The van der Waals surface area contributed by atoms with E-state index < -0.39 is 30.3 Å². The van der Waals surface area contributed by atoms with Crippen molar-refractivity contribution in [3.05, 3.63) is 71.7 Å². The minimum absolute atomic E-state index is 0.0736. The van der Waals surface area contributed by atoms with Crippen LogP contribution in [0.4, 0.5) is 29.1 Å². The summed E-state index contributed by atoms with van der Waals surface area (Å²) >= 11 is 1.48. The Kier molecular flexibility index (Phi) is 5.85. The number of nitrogens with one attached hydrogen (secondary N) is 2. The fourth-order valence-electron chi connectivity index (χ4n) is 3.68. The van der Waals surface area contributed by atoms with Gasteiger partial charge in [0.15, 0.2) is 12.3 Å². The number of alkyl halides is 3. The predicted octanol–water partition coefficient (Wildman–Crippen LogP) is 5.51. The van der Waals surface area contributed by atoms with E-state index in [9.17, 15) is 22.7 Å². The Morgan fingerprint density at radius 3 is 2.58 bits per heavy atom. The van der Waals surface area contributed by atoms with Crippen molar-refractivity contribution in [1.29, 1.82) is 0 Å². The molecular weight excluding hydrogens is 432 g/mol. The average Bonchev–Trinajstić information content (AvgIpc) is 3.17. The van der Waals surface area contributed by atoms with E-state index in [1.807, 2.05) is 18.4 Å². The molecule has 0 amide bonds. The minimum atomic E-state index is -4.54. The van der Waals surface area contributed by atoms with E-state index in [1.54, 1.807) is 12.1 Å². The van der Waals surface area contributed by atoms with Gasteiger partial charge in [0, 0.05) is 11.3 Å². The molecular formula is C21H20F4N4OS. The zero-order chi connectivity index (χ0) is 22.2. The number of nitrogens with zero attached hydrogens (tertiary/aromatic N) is 2. The minimum Gasteiger partial charge on any atom is -0.369 e. The standard InChI is InChI=1S/C21H20F4N4OS/c1-31-17-5-3-2-4-15(17)28-20(30)14-11-26-29-18(21(23,24)25)10-16(27-19(14)29)12-6-8-13(22)9-7-12/h2-9,11,16,18,20,27-28,30H,10H2,1H3/t16-,18-,20+/m1/s1. The zero-order valence-corrected chi connectivity index (χ0v) is 17.2. The van der Waals surface area contributed by atoms with Gasteiger partial charge in [0.25, 0.3) is 0 Å². The third-order valence-electron chi connectivity index (χ3n) is 5.23. The van der Waals surface area contributed by atoms with Crippen LogP contribution in [0.15, 0.2) is 59.6 Å². The van der Waals surface area contributed by atoms with E-state index in [0.29, 0.717) is 11.3 Å². The van der Waals surface area contributed by atoms with Crippen molar-refractivity contribution in [2.45, 2.75) is 35.8 Å². The highest BCUT2D eigenvalue weighted by Gasteiger charge is 2.47. The first-order chi connectivity index (χ1) is 14.8. The van der Waals surface area contributed by atoms with Gasteiger partial charge >= 0.3 is 6.18 Å². The maximum absolute atomic E-state index is 13.8. The molecule has 0 bridgehead atoms. The number of para-hydroxylation sites is 1. The molecule has 164 valence electrons. The largest absolute Gasteiger partial charge is 0.410 e. The lowest BCUT2D eigenvalue weighted by Gasteiger charge is -2.34. The molecule has 1 aromatic heterocycles. The fraction of sp³-hybridized carbons (Fsp3) is 0.286. The number of anilines is 2. The lowest BCUT2D eigenvalue weighted by Crippen LogP contribution is -2.36. The second-order valence-corrected chi connectivity index (χ2v) is 8.03. The molecule has 3 aromatic rings. The fourth-order valence-corrected chi connectivity index (χ4v) is 4.25. The molecule has 2 heterocycles. The summed E-state index contributed by atoms with van der Waals surface area (Å²) in [4.78, 5) is 0.882. The van der Waals surface area contributed by atoms with Crippen LogP contribution in [0.1, 0.15) is 35.9 Å². The summed E-state index contributed by atoms with van der Waals surface area (Å²) in [5.74, 6) is -0.394. The molecule has 0 spiro atoms. The van der Waals surface area contributed by atoms with E-state index in [1.165, 1.54) is 42.2 Å². The molecule has 3 N–H and O–H groups in total. The maximum atomic E-state index is 13.8. The van der Waals surface area contributed by atoms with E-state index in [-0.39, 0.29) is 17.8 Å². The molecule has 31 heavy (non-hydrogen) atoms. The number of aliphatic hydroxyl groups excluding tert-OH is 1. The van der Waals surface area contributed by atoms with Gasteiger partial charge in [-0.25, -0.2) is 9.07 Å². The van der Waals surface area contributed by atoms with Gasteiger partial charge in [-0.2, -0.15) is 18.3 Å². The molecule has 0 saturated carbocycles. The van der Waals surface area contributed by atoms with E-state index in [0.717, 1.165) is 9.58 Å². The number of thioether (sulfide) groups is 1. The molecule has 2 aromatic carbocycles. The summed E-state index contributed by atoms with van der Waals surface area (Å²) in [6.45, 7) is 0. The highest BCUT2D eigenvalue weighted by molar-refractivity contribution is 7.98. The Morgan fingerprint density at radius 1 is 1.19 bits per heavy atom. The van der Waals surface area contributed by atoms with Gasteiger partial charge in [-0.15, -0.1) is 11.8 Å². The van der Waals surface area contributed by atoms with Crippen LogP contribution in [0.5, 0.6) is 0 Å². The summed E-state index contributed by atoms with van der Waals surface area (Å²) in [6.07, 6.45) is -3.01. The third-order valence-corrected chi connectivity index (χ3v) is 6.03. The van der Waals surface area contributed by atoms with Gasteiger partial charge in [-0.1, -0.05) is 24.3 Å². The number of fused-ring (bicyclic) bond motifs is 1. The van der Waals surface area contributed by atoms with Gasteiger partial charge in [0.1, 0.15) is 11.6 Å². The Bertz CT molecular complexity index is 1050. The average molecular weight is 452 g/mol. The number of aromatic nitrogens is 2. The van der Waals surface area contributed by atoms with Gasteiger partial charge in [-0.3, -0.25) is 0 Å². The van der Waals surface area contributed by atoms with Crippen LogP contribution in [-0.2, 0) is 0 Å². The van der Waals surface area contributed by atoms with Crippen LogP contribution in [0, 0.1) is 5.82 Å². The number of hydrogen-bond donors (Lipinski definition) is 3. The van der Waals surface area contributed by atoms with Crippen LogP contribution in [0.2, 0.25) is 0 Å².